The highest BCUT2D eigenvalue weighted by molar-refractivity contribution is 5.95. The van der Waals surface area contributed by atoms with E-state index < -0.39 is 0 Å². The fourth-order valence-electron chi connectivity index (χ4n) is 1.39. The maximum absolute atomic E-state index is 11.6. The fraction of sp³-hybridized carbons (Fsp3) is 0.500. The Morgan fingerprint density at radius 1 is 1.33 bits per heavy atom. The molecule has 100 valence electrons. The Morgan fingerprint density at radius 3 is 2.72 bits per heavy atom. The van der Waals surface area contributed by atoms with Gasteiger partial charge >= 0.3 is 0 Å². The second kappa shape index (κ2) is 7.50. The molecule has 2 amide bonds. The van der Waals surface area contributed by atoms with Gasteiger partial charge in [-0.1, -0.05) is 0 Å². The average molecular weight is 254 g/mol. The lowest BCUT2D eigenvalue weighted by molar-refractivity contribution is -0.121. The molecule has 18 heavy (non-hydrogen) atoms. The third kappa shape index (κ3) is 4.58. The number of nitrogens with one attached hydrogen (secondary N) is 2. The number of hydrogen-bond donors (Lipinski definition) is 2. The molecule has 0 aliphatic heterocycles. The highest BCUT2D eigenvalue weighted by atomic mass is 16.5. The Kier molecular flexibility index (Phi) is 5.93. The first-order chi connectivity index (χ1) is 8.65. The van der Waals surface area contributed by atoms with Crippen molar-refractivity contribution >= 4 is 11.8 Å². The van der Waals surface area contributed by atoms with Crippen LogP contribution in [0.5, 0.6) is 0 Å². The topological polar surface area (TPSA) is 80.6 Å². The summed E-state index contributed by atoms with van der Waals surface area (Å²) < 4.78 is 9.83. The third-order valence-corrected chi connectivity index (χ3v) is 2.37. The predicted molar refractivity (Wildman–Crippen MR) is 65.3 cm³/mol. The Labute approximate surface area is 106 Å². The van der Waals surface area contributed by atoms with Crippen molar-refractivity contribution in [1.82, 2.24) is 10.6 Å². The number of amides is 2. The van der Waals surface area contributed by atoms with Crippen LogP contribution < -0.4 is 10.6 Å². The van der Waals surface area contributed by atoms with E-state index in [1.165, 1.54) is 6.26 Å². The molecular weight excluding hydrogens is 236 g/mol. The molecule has 0 aromatic carbocycles. The van der Waals surface area contributed by atoms with Gasteiger partial charge in [0.05, 0.1) is 18.4 Å². The molecule has 1 aromatic heterocycles. The van der Waals surface area contributed by atoms with Gasteiger partial charge < -0.3 is 19.8 Å². The monoisotopic (exact) mass is 254 g/mol. The minimum atomic E-state index is -0.231. The van der Waals surface area contributed by atoms with Gasteiger partial charge in [-0.05, 0) is 13.0 Å². The summed E-state index contributed by atoms with van der Waals surface area (Å²) in [6, 6.07) is 1.60. The van der Waals surface area contributed by atoms with Crippen LogP contribution in [0.25, 0.3) is 0 Å². The standard InChI is InChI=1S/C12H18N2O4/c1-9-10(4-7-18-9)12(16)14-5-3-11(15)13-6-8-17-2/h4,7H,3,5-6,8H2,1-2H3,(H,13,15)(H,14,16). The van der Waals surface area contributed by atoms with Gasteiger partial charge in [0.15, 0.2) is 0 Å². The van der Waals surface area contributed by atoms with Crippen LogP contribution in [0.15, 0.2) is 16.7 Å². The number of ether oxygens (including phenoxy) is 1. The van der Waals surface area contributed by atoms with Crippen LogP contribution in [0, 0.1) is 6.92 Å². The fourth-order valence-corrected chi connectivity index (χ4v) is 1.39. The Hall–Kier alpha value is -1.82. The van der Waals surface area contributed by atoms with Gasteiger partial charge in [0, 0.05) is 26.6 Å². The maximum Gasteiger partial charge on any atom is 0.254 e. The van der Waals surface area contributed by atoms with Crippen LogP contribution in [0.3, 0.4) is 0 Å². The number of hydrogen-bond acceptors (Lipinski definition) is 4. The quantitative estimate of drug-likeness (QED) is 0.693. The van der Waals surface area contributed by atoms with Crippen molar-refractivity contribution in [2.45, 2.75) is 13.3 Å². The van der Waals surface area contributed by atoms with Crippen LogP contribution in [-0.4, -0.2) is 38.6 Å². The molecule has 0 saturated heterocycles. The second-order valence-corrected chi connectivity index (χ2v) is 3.74. The van der Waals surface area contributed by atoms with Crippen molar-refractivity contribution in [3.63, 3.8) is 0 Å². The van der Waals surface area contributed by atoms with Crippen LogP contribution >= 0.6 is 0 Å². The summed E-state index contributed by atoms with van der Waals surface area (Å²) in [7, 11) is 1.57. The zero-order valence-corrected chi connectivity index (χ0v) is 10.6. The largest absolute Gasteiger partial charge is 0.469 e. The molecule has 0 bridgehead atoms. The predicted octanol–water partition coefficient (Wildman–Crippen LogP) is 0.471. The van der Waals surface area contributed by atoms with Gasteiger partial charge in [0.25, 0.3) is 5.91 Å². The SMILES string of the molecule is COCCNC(=O)CCNC(=O)c1ccoc1C. The maximum atomic E-state index is 11.6. The van der Waals surface area contributed by atoms with E-state index in [4.69, 9.17) is 9.15 Å². The number of aryl methyl sites for hydroxylation is 1. The lowest BCUT2D eigenvalue weighted by Gasteiger charge is -2.05. The van der Waals surface area contributed by atoms with E-state index in [2.05, 4.69) is 10.6 Å². The number of carbonyl (C=O) groups is 2. The van der Waals surface area contributed by atoms with E-state index in [9.17, 15) is 9.59 Å². The summed E-state index contributed by atoms with van der Waals surface area (Å²) in [5.41, 5.74) is 0.495. The molecule has 6 nitrogen and oxygen atoms in total. The highest BCUT2D eigenvalue weighted by Crippen LogP contribution is 2.07. The molecule has 1 rings (SSSR count). The summed E-state index contributed by atoms with van der Waals surface area (Å²) in [6.45, 7) is 2.96. The van der Waals surface area contributed by atoms with Gasteiger partial charge in [-0.2, -0.15) is 0 Å². The number of rotatable bonds is 7. The molecule has 0 unspecified atom stereocenters. The van der Waals surface area contributed by atoms with Crippen molar-refractivity contribution < 1.29 is 18.7 Å². The van der Waals surface area contributed by atoms with Gasteiger partial charge in [-0.15, -0.1) is 0 Å². The van der Waals surface area contributed by atoms with Crippen molar-refractivity contribution in [3.8, 4) is 0 Å². The zero-order chi connectivity index (χ0) is 13.4. The number of carbonyl (C=O) groups excluding carboxylic acids is 2. The first kappa shape index (κ1) is 14.2. The number of furan rings is 1. The van der Waals surface area contributed by atoms with Crippen molar-refractivity contribution in [3.05, 3.63) is 23.7 Å². The summed E-state index contributed by atoms with van der Waals surface area (Å²) in [5, 5.41) is 5.33. The van der Waals surface area contributed by atoms with Gasteiger partial charge in [0.2, 0.25) is 5.91 Å². The third-order valence-electron chi connectivity index (χ3n) is 2.37. The molecule has 0 aliphatic carbocycles. The minimum Gasteiger partial charge on any atom is -0.469 e. The molecule has 2 N–H and O–H groups in total. The van der Waals surface area contributed by atoms with Gasteiger partial charge in [-0.25, -0.2) is 0 Å². The van der Waals surface area contributed by atoms with E-state index in [-0.39, 0.29) is 18.2 Å². The molecule has 0 aliphatic rings. The lowest BCUT2D eigenvalue weighted by Crippen LogP contribution is -2.32. The van der Waals surface area contributed by atoms with E-state index in [1.807, 2.05) is 0 Å². The van der Waals surface area contributed by atoms with Crippen molar-refractivity contribution in [2.24, 2.45) is 0 Å². The van der Waals surface area contributed by atoms with E-state index >= 15 is 0 Å². The molecule has 0 atom stereocenters. The molecule has 1 aromatic rings. The highest BCUT2D eigenvalue weighted by Gasteiger charge is 2.11. The summed E-state index contributed by atoms with van der Waals surface area (Å²) in [4.78, 5) is 23.0. The molecule has 6 heteroatoms. The Balaban J connectivity index is 2.20. The average Bonchev–Trinajstić information content (AvgIpc) is 2.76. The molecular formula is C12H18N2O4. The Bertz CT molecular complexity index is 401. The first-order valence-electron chi connectivity index (χ1n) is 5.73. The van der Waals surface area contributed by atoms with E-state index in [0.29, 0.717) is 31.0 Å². The van der Waals surface area contributed by atoms with Crippen molar-refractivity contribution in [1.29, 1.82) is 0 Å². The summed E-state index contributed by atoms with van der Waals surface area (Å²) >= 11 is 0. The smallest absolute Gasteiger partial charge is 0.254 e. The van der Waals surface area contributed by atoms with E-state index in [1.54, 1.807) is 20.1 Å². The summed E-state index contributed by atoms with van der Waals surface area (Å²) in [6.07, 6.45) is 1.70. The lowest BCUT2D eigenvalue weighted by atomic mass is 10.2. The Morgan fingerprint density at radius 2 is 2.11 bits per heavy atom. The number of methoxy groups -OCH3 is 1. The van der Waals surface area contributed by atoms with E-state index in [0.717, 1.165) is 0 Å². The van der Waals surface area contributed by atoms with Crippen LogP contribution in [-0.2, 0) is 9.53 Å². The van der Waals surface area contributed by atoms with Crippen molar-refractivity contribution in [2.75, 3.05) is 26.8 Å². The normalized spacial score (nSPS) is 10.1. The minimum absolute atomic E-state index is 0.115. The zero-order valence-electron chi connectivity index (χ0n) is 10.6. The molecule has 1 heterocycles. The molecule has 0 spiro atoms. The molecule has 0 saturated carbocycles. The van der Waals surface area contributed by atoms with Crippen LogP contribution in [0.1, 0.15) is 22.5 Å². The van der Waals surface area contributed by atoms with Gasteiger partial charge in [-0.3, -0.25) is 9.59 Å². The first-order valence-corrected chi connectivity index (χ1v) is 5.73. The van der Waals surface area contributed by atoms with Gasteiger partial charge in [0.1, 0.15) is 5.76 Å². The summed E-state index contributed by atoms with van der Waals surface area (Å²) in [5.74, 6) is 0.222. The molecule has 0 fully saturated rings. The molecule has 0 radical (unpaired) electrons. The van der Waals surface area contributed by atoms with Crippen LogP contribution in [0.2, 0.25) is 0 Å². The second-order valence-electron chi connectivity index (χ2n) is 3.74. The van der Waals surface area contributed by atoms with Crippen LogP contribution in [0.4, 0.5) is 0 Å².